The van der Waals surface area contributed by atoms with Crippen LogP contribution in [0.4, 0.5) is 5.69 Å². The minimum absolute atomic E-state index is 0.110. The molecule has 146 valence electrons. The molecule has 2 aromatic rings. The number of aryl methyl sites for hydroxylation is 2. The Morgan fingerprint density at radius 2 is 1.67 bits per heavy atom. The van der Waals surface area contributed by atoms with Gasteiger partial charge in [-0.15, -0.1) is 0 Å². The Morgan fingerprint density at radius 1 is 1.04 bits per heavy atom. The molecule has 0 aliphatic rings. The molecule has 0 aliphatic carbocycles. The summed E-state index contributed by atoms with van der Waals surface area (Å²) in [6.45, 7) is 4.48. The fourth-order valence-corrected chi connectivity index (χ4v) is 3.50. The summed E-state index contributed by atoms with van der Waals surface area (Å²) < 4.78 is 37.8. The number of sulfonamides is 1. The molecule has 27 heavy (non-hydrogen) atoms. The van der Waals surface area contributed by atoms with Gasteiger partial charge in [-0.25, -0.2) is 8.42 Å². The van der Waals surface area contributed by atoms with E-state index in [0.717, 1.165) is 11.1 Å². The number of nitrogens with one attached hydrogen (secondary N) is 2. The highest BCUT2D eigenvalue weighted by atomic mass is 32.2. The molecule has 0 bridgehead atoms. The Balaban J connectivity index is 1.97. The smallest absolute Gasteiger partial charge is 0.261 e. The van der Waals surface area contributed by atoms with E-state index in [9.17, 15) is 13.2 Å². The number of benzene rings is 2. The van der Waals surface area contributed by atoms with Crippen LogP contribution in [0, 0.1) is 13.8 Å². The molecule has 0 saturated carbocycles. The molecule has 0 spiro atoms. The first-order valence-corrected chi connectivity index (χ1v) is 9.88. The number of hydrogen-bond acceptors (Lipinski definition) is 5. The van der Waals surface area contributed by atoms with Crippen LogP contribution < -0.4 is 14.8 Å². The van der Waals surface area contributed by atoms with Crippen molar-refractivity contribution in [2.24, 2.45) is 0 Å². The Bertz CT molecular complexity index is 859. The monoisotopic (exact) mass is 392 g/mol. The third-order valence-corrected chi connectivity index (χ3v) is 5.00. The van der Waals surface area contributed by atoms with Gasteiger partial charge in [0.15, 0.2) is 6.61 Å². The predicted molar refractivity (Wildman–Crippen MR) is 104 cm³/mol. The van der Waals surface area contributed by atoms with Crippen molar-refractivity contribution in [3.8, 4) is 5.75 Å². The van der Waals surface area contributed by atoms with Crippen molar-refractivity contribution in [1.82, 2.24) is 5.32 Å². The van der Waals surface area contributed by atoms with Gasteiger partial charge in [-0.1, -0.05) is 6.07 Å². The second-order valence-electron chi connectivity index (χ2n) is 6.08. The third-order valence-electron chi connectivity index (χ3n) is 3.61. The van der Waals surface area contributed by atoms with E-state index in [1.807, 2.05) is 19.9 Å². The normalized spacial score (nSPS) is 11.1. The van der Waals surface area contributed by atoms with Crippen molar-refractivity contribution >= 4 is 21.6 Å². The van der Waals surface area contributed by atoms with Crippen LogP contribution in [-0.4, -0.2) is 41.2 Å². The number of rotatable bonds is 9. The van der Waals surface area contributed by atoms with Gasteiger partial charge in [0, 0.05) is 19.3 Å². The highest BCUT2D eigenvalue weighted by Crippen LogP contribution is 2.21. The number of hydrogen-bond donors (Lipinski definition) is 2. The Hall–Kier alpha value is -2.58. The number of methoxy groups -OCH3 is 1. The lowest BCUT2D eigenvalue weighted by Gasteiger charge is -2.11. The largest absolute Gasteiger partial charge is 0.484 e. The van der Waals surface area contributed by atoms with E-state index < -0.39 is 10.0 Å². The molecule has 2 aromatic carbocycles. The first-order chi connectivity index (χ1) is 12.8. The molecule has 0 fully saturated rings. The first kappa shape index (κ1) is 20.7. The number of amides is 1. The van der Waals surface area contributed by atoms with Gasteiger partial charge < -0.3 is 14.8 Å². The molecule has 0 aromatic heterocycles. The van der Waals surface area contributed by atoms with E-state index in [1.54, 1.807) is 19.2 Å². The second-order valence-corrected chi connectivity index (χ2v) is 7.77. The zero-order chi connectivity index (χ0) is 19.9. The summed E-state index contributed by atoms with van der Waals surface area (Å²) in [5.41, 5.74) is 2.46. The quantitative estimate of drug-likeness (QED) is 0.639. The third kappa shape index (κ3) is 6.58. The standard InChI is InChI=1S/C19H24N2O5S/c1-14-10-15(2)12-16(11-14)21-27(23,24)18-6-4-17(5-7-18)26-13-19(22)20-8-9-25-3/h4-7,10-12,21H,8-9,13H2,1-3H3,(H,20,22). The number of carbonyl (C=O) groups excluding carboxylic acids is 1. The lowest BCUT2D eigenvalue weighted by Crippen LogP contribution is -2.31. The molecule has 7 nitrogen and oxygen atoms in total. The topological polar surface area (TPSA) is 93.7 Å². The lowest BCUT2D eigenvalue weighted by atomic mass is 10.1. The van der Waals surface area contributed by atoms with Crippen LogP contribution in [0.25, 0.3) is 0 Å². The average molecular weight is 392 g/mol. The number of ether oxygens (including phenoxy) is 2. The number of anilines is 1. The molecule has 1 amide bonds. The van der Waals surface area contributed by atoms with Crippen molar-refractivity contribution in [1.29, 1.82) is 0 Å². The van der Waals surface area contributed by atoms with E-state index in [2.05, 4.69) is 10.0 Å². The molecular formula is C19H24N2O5S. The summed E-state index contributed by atoms with van der Waals surface area (Å²) in [6, 6.07) is 11.4. The Kier molecular flexibility index (Phi) is 7.20. The molecule has 0 atom stereocenters. The molecule has 0 saturated heterocycles. The van der Waals surface area contributed by atoms with Crippen LogP contribution in [0.3, 0.4) is 0 Å². The maximum atomic E-state index is 12.5. The number of carbonyl (C=O) groups is 1. The van der Waals surface area contributed by atoms with Crippen molar-refractivity contribution < 1.29 is 22.7 Å². The highest BCUT2D eigenvalue weighted by Gasteiger charge is 2.15. The summed E-state index contributed by atoms with van der Waals surface area (Å²) >= 11 is 0. The van der Waals surface area contributed by atoms with Gasteiger partial charge in [0.05, 0.1) is 11.5 Å². The fourth-order valence-electron chi connectivity index (χ4n) is 2.46. The fraction of sp³-hybridized carbons (Fsp3) is 0.316. The van der Waals surface area contributed by atoms with Gasteiger partial charge in [0.2, 0.25) is 0 Å². The van der Waals surface area contributed by atoms with Crippen LogP contribution >= 0.6 is 0 Å². The molecule has 0 unspecified atom stereocenters. The van der Waals surface area contributed by atoms with E-state index in [1.165, 1.54) is 24.3 Å². The van der Waals surface area contributed by atoms with E-state index in [0.29, 0.717) is 24.6 Å². The molecular weight excluding hydrogens is 368 g/mol. The van der Waals surface area contributed by atoms with Gasteiger partial charge in [0.25, 0.3) is 15.9 Å². The maximum absolute atomic E-state index is 12.5. The van der Waals surface area contributed by atoms with Crippen LogP contribution in [0.2, 0.25) is 0 Å². The SMILES string of the molecule is COCCNC(=O)COc1ccc(S(=O)(=O)Nc2cc(C)cc(C)c2)cc1. The predicted octanol–water partition coefficient (Wildman–Crippen LogP) is 2.25. The van der Waals surface area contributed by atoms with Gasteiger partial charge in [-0.2, -0.15) is 0 Å². The second kappa shape index (κ2) is 9.38. The van der Waals surface area contributed by atoms with Gasteiger partial charge in [-0.3, -0.25) is 9.52 Å². The van der Waals surface area contributed by atoms with Crippen LogP contribution in [-0.2, 0) is 19.6 Å². The average Bonchev–Trinajstić information content (AvgIpc) is 2.59. The minimum atomic E-state index is -3.71. The van der Waals surface area contributed by atoms with Crippen molar-refractivity contribution in [2.75, 3.05) is 31.6 Å². The molecule has 2 rings (SSSR count). The van der Waals surface area contributed by atoms with E-state index in [4.69, 9.17) is 9.47 Å². The summed E-state index contributed by atoms with van der Waals surface area (Å²) in [4.78, 5) is 11.7. The maximum Gasteiger partial charge on any atom is 0.261 e. The summed E-state index contributed by atoms with van der Waals surface area (Å²) in [5.74, 6) is 0.127. The lowest BCUT2D eigenvalue weighted by molar-refractivity contribution is -0.123. The first-order valence-electron chi connectivity index (χ1n) is 8.40. The molecule has 2 N–H and O–H groups in total. The molecule has 0 radical (unpaired) electrons. The minimum Gasteiger partial charge on any atom is -0.484 e. The van der Waals surface area contributed by atoms with E-state index in [-0.39, 0.29) is 17.4 Å². The van der Waals surface area contributed by atoms with Crippen LogP contribution in [0.15, 0.2) is 47.4 Å². The summed E-state index contributed by atoms with van der Waals surface area (Å²) in [5, 5.41) is 2.63. The molecule has 8 heteroatoms. The van der Waals surface area contributed by atoms with Gasteiger partial charge >= 0.3 is 0 Å². The molecule has 0 aliphatic heterocycles. The van der Waals surface area contributed by atoms with Crippen LogP contribution in [0.5, 0.6) is 5.75 Å². The van der Waals surface area contributed by atoms with Crippen molar-refractivity contribution in [3.05, 3.63) is 53.6 Å². The van der Waals surface area contributed by atoms with Gasteiger partial charge in [0.1, 0.15) is 5.75 Å². The van der Waals surface area contributed by atoms with Crippen molar-refractivity contribution in [2.45, 2.75) is 18.7 Å². The Labute approximate surface area is 159 Å². The zero-order valence-electron chi connectivity index (χ0n) is 15.6. The highest BCUT2D eigenvalue weighted by molar-refractivity contribution is 7.92. The Morgan fingerprint density at radius 3 is 2.26 bits per heavy atom. The van der Waals surface area contributed by atoms with Crippen LogP contribution in [0.1, 0.15) is 11.1 Å². The van der Waals surface area contributed by atoms with E-state index >= 15 is 0 Å². The summed E-state index contributed by atoms with van der Waals surface area (Å²) in [7, 11) is -2.16. The van der Waals surface area contributed by atoms with Gasteiger partial charge in [-0.05, 0) is 61.4 Å². The molecule has 0 heterocycles. The van der Waals surface area contributed by atoms with Crippen molar-refractivity contribution in [3.63, 3.8) is 0 Å². The summed E-state index contributed by atoms with van der Waals surface area (Å²) in [6.07, 6.45) is 0. The zero-order valence-corrected chi connectivity index (χ0v) is 16.4.